The van der Waals surface area contributed by atoms with Gasteiger partial charge < -0.3 is 14.3 Å². The number of rotatable bonds is 7. The first-order valence-electron chi connectivity index (χ1n) is 14.0. The lowest BCUT2D eigenvalue weighted by Gasteiger charge is -2.37. The van der Waals surface area contributed by atoms with Crippen LogP contribution < -0.4 is 5.32 Å². The van der Waals surface area contributed by atoms with Crippen molar-refractivity contribution in [2.45, 2.75) is 63.5 Å². The number of amides is 1. The van der Waals surface area contributed by atoms with Crippen molar-refractivity contribution < 1.29 is 9.21 Å². The molecule has 5 heteroatoms. The Labute approximate surface area is 219 Å². The van der Waals surface area contributed by atoms with E-state index in [-0.39, 0.29) is 11.9 Å². The van der Waals surface area contributed by atoms with Crippen molar-refractivity contribution in [3.63, 3.8) is 0 Å². The Balaban J connectivity index is 0.982. The first-order chi connectivity index (χ1) is 18.2. The average molecular weight is 496 g/mol. The second-order valence-corrected chi connectivity index (χ2v) is 10.9. The molecular formula is C32H37N3O2. The van der Waals surface area contributed by atoms with Crippen LogP contribution in [0, 0.1) is 5.92 Å². The zero-order valence-corrected chi connectivity index (χ0v) is 21.5. The molecule has 2 aromatic rings. The van der Waals surface area contributed by atoms with Crippen LogP contribution in [0.5, 0.6) is 0 Å². The van der Waals surface area contributed by atoms with Gasteiger partial charge in [0.05, 0.1) is 6.26 Å². The van der Waals surface area contributed by atoms with Crippen LogP contribution >= 0.6 is 0 Å². The maximum absolute atomic E-state index is 12.8. The Morgan fingerprint density at radius 1 is 0.919 bits per heavy atom. The Morgan fingerprint density at radius 3 is 2.54 bits per heavy atom. The van der Waals surface area contributed by atoms with Crippen molar-refractivity contribution in [1.29, 1.82) is 0 Å². The van der Waals surface area contributed by atoms with Gasteiger partial charge in [0.1, 0.15) is 5.76 Å². The van der Waals surface area contributed by atoms with E-state index in [1.165, 1.54) is 56.2 Å². The zero-order chi connectivity index (χ0) is 25.0. The molecule has 1 atom stereocenters. The number of piperidine rings is 1. The summed E-state index contributed by atoms with van der Waals surface area (Å²) in [5, 5.41) is 3.29. The lowest BCUT2D eigenvalue weighted by atomic mass is 9.83. The molecule has 2 fully saturated rings. The standard InChI is InChI=1S/C32H37N3O2/c36-32(25-11-15-29(16-12-25)34-18-3-4-19-34)33-28-13-9-24(10-14-28)17-21-35-20-2-1-7-30(35)27-22-26-6-5-8-31(26)37-23-27/h3-6,8,11-12,15-16,18-19,22-24,28,30H,1-2,7,9-10,13-14,17,20-21H2,(H,33,36)/t24-,28-,30?. The summed E-state index contributed by atoms with van der Waals surface area (Å²) in [7, 11) is 0. The number of nitrogens with zero attached hydrogens (tertiary/aromatic N) is 2. The smallest absolute Gasteiger partial charge is 0.251 e. The van der Waals surface area contributed by atoms with E-state index in [4.69, 9.17) is 4.42 Å². The Bertz CT molecular complexity index is 1250. The van der Waals surface area contributed by atoms with Gasteiger partial charge in [-0.25, -0.2) is 0 Å². The van der Waals surface area contributed by atoms with E-state index in [0.29, 0.717) is 6.04 Å². The number of nitrogens with one attached hydrogen (secondary N) is 1. The first kappa shape index (κ1) is 24.1. The van der Waals surface area contributed by atoms with Crippen LogP contribution in [-0.2, 0) is 0 Å². The van der Waals surface area contributed by atoms with Crippen LogP contribution in [0.25, 0.3) is 17.0 Å². The summed E-state index contributed by atoms with van der Waals surface area (Å²) >= 11 is 0. The van der Waals surface area contributed by atoms with Crippen LogP contribution in [-0.4, -0.2) is 34.5 Å². The van der Waals surface area contributed by atoms with Gasteiger partial charge in [-0.15, -0.1) is 0 Å². The third-order valence-corrected chi connectivity index (χ3v) is 8.49. The van der Waals surface area contributed by atoms with Crippen molar-refractivity contribution in [2.24, 2.45) is 5.92 Å². The SMILES string of the molecule is O=C(N[C@H]1CC[C@H](CCN2CCCCC2c2coc3cccc-3c2)CC1)c1ccc(-n2cccc2)cc1. The van der Waals surface area contributed by atoms with Gasteiger partial charge in [-0.3, -0.25) is 9.69 Å². The van der Waals surface area contributed by atoms with Crippen molar-refractivity contribution >= 4 is 5.91 Å². The highest BCUT2D eigenvalue weighted by Gasteiger charge is 2.28. The predicted octanol–water partition coefficient (Wildman–Crippen LogP) is 7.08. The highest BCUT2D eigenvalue weighted by atomic mass is 16.3. The largest absolute Gasteiger partial charge is 0.464 e. The van der Waals surface area contributed by atoms with E-state index in [1.807, 2.05) is 65.7 Å². The highest BCUT2D eigenvalue weighted by Crippen LogP contribution is 2.36. The summed E-state index contributed by atoms with van der Waals surface area (Å²) in [4.78, 5) is 15.5. The number of aromatic nitrogens is 1. The fourth-order valence-corrected chi connectivity index (χ4v) is 6.30. The third kappa shape index (κ3) is 5.52. The topological polar surface area (TPSA) is 50.4 Å². The van der Waals surface area contributed by atoms with Gasteiger partial charge in [0, 0.05) is 46.9 Å². The van der Waals surface area contributed by atoms with Gasteiger partial charge in [-0.2, -0.15) is 0 Å². The molecule has 1 aromatic heterocycles. The summed E-state index contributed by atoms with van der Waals surface area (Å²) in [5.74, 6) is 1.77. The molecule has 5 nitrogen and oxygen atoms in total. The zero-order valence-electron chi connectivity index (χ0n) is 21.5. The van der Waals surface area contributed by atoms with Crippen LogP contribution in [0.15, 0.2) is 83.7 Å². The third-order valence-electron chi connectivity index (χ3n) is 8.49. The number of hydrogen-bond donors (Lipinski definition) is 1. The molecule has 1 N–H and O–H groups in total. The highest BCUT2D eigenvalue weighted by molar-refractivity contribution is 5.94. The summed E-state index contributed by atoms with van der Waals surface area (Å²) in [6, 6.07) is 21.2. The average Bonchev–Trinajstić information content (AvgIpc) is 3.65. The van der Waals surface area contributed by atoms with Crippen molar-refractivity contribution in [2.75, 3.05) is 13.1 Å². The Kier molecular flexibility index (Phi) is 7.13. The molecule has 1 unspecified atom stereocenters. The number of hydrogen-bond acceptors (Lipinski definition) is 3. The molecule has 0 bridgehead atoms. The van der Waals surface area contributed by atoms with E-state index in [2.05, 4.69) is 28.4 Å². The molecule has 2 aliphatic heterocycles. The second-order valence-electron chi connectivity index (χ2n) is 10.9. The summed E-state index contributed by atoms with van der Waals surface area (Å²) in [6.45, 7) is 2.33. The molecule has 1 aromatic carbocycles. The summed E-state index contributed by atoms with van der Waals surface area (Å²) < 4.78 is 7.96. The van der Waals surface area contributed by atoms with Crippen LogP contribution in [0.2, 0.25) is 0 Å². The predicted molar refractivity (Wildman–Crippen MR) is 147 cm³/mol. The quantitative estimate of drug-likeness (QED) is 0.298. The molecule has 37 heavy (non-hydrogen) atoms. The first-order valence-corrected chi connectivity index (χ1v) is 14.0. The molecule has 1 saturated carbocycles. The van der Waals surface area contributed by atoms with Crippen LogP contribution in [0.3, 0.4) is 0 Å². The summed E-state index contributed by atoms with van der Waals surface area (Å²) in [6.07, 6.45) is 15.6. The molecular weight excluding hydrogens is 458 g/mol. The van der Waals surface area contributed by atoms with Crippen LogP contribution in [0.4, 0.5) is 0 Å². The van der Waals surface area contributed by atoms with E-state index < -0.39 is 0 Å². The Morgan fingerprint density at radius 2 is 1.73 bits per heavy atom. The normalized spacial score (nSPS) is 22.8. The minimum Gasteiger partial charge on any atom is -0.464 e. The van der Waals surface area contributed by atoms with E-state index in [1.54, 1.807) is 0 Å². The fraction of sp³-hybridized carbons (Fsp3) is 0.406. The molecule has 1 amide bonds. The number of likely N-dealkylation sites (tertiary alicyclic amines) is 1. The monoisotopic (exact) mass is 495 g/mol. The van der Waals surface area contributed by atoms with Crippen LogP contribution in [0.1, 0.15) is 73.3 Å². The van der Waals surface area contributed by atoms with E-state index >= 15 is 0 Å². The van der Waals surface area contributed by atoms with Gasteiger partial charge in [0.25, 0.3) is 5.91 Å². The molecule has 0 radical (unpaired) electrons. The van der Waals surface area contributed by atoms with Crippen molar-refractivity contribution in [3.05, 3.63) is 90.4 Å². The maximum Gasteiger partial charge on any atom is 0.251 e. The maximum atomic E-state index is 12.8. The molecule has 0 spiro atoms. The lowest BCUT2D eigenvalue weighted by Crippen LogP contribution is -2.39. The van der Waals surface area contributed by atoms with Gasteiger partial charge in [0.2, 0.25) is 0 Å². The molecule has 3 heterocycles. The molecule has 1 saturated heterocycles. The number of carbonyl (C=O) groups excluding carboxylic acids is 1. The molecule has 2 aliphatic carbocycles. The molecule has 6 rings (SSSR count). The minimum absolute atomic E-state index is 0.0471. The van der Waals surface area contributed by atoms with Gasteiger partial charge in [-0.05, 0) is 112 Å². The van der Waals surface area contributed by atoms with E-state index in [9.17, 15) is 4.79 Å². The molecule has 192 valence electrons. The number of benzene rings is 1. The fourth-order valence-electron chi connectivity index (χ4n) is 6.30. The second kappa shape index (κ2) is 11.0. The number of carbonyl (C=O) groups is 1. The van der Waals surface area contributed by atoms with Gasteiger partial charge in [0.15, 0.2) is 0 Å². The molecule has 4 aliphatic rings. The Hall–Kier alpha value is -3.31. The summed E-state index contributed by atoms with van der Waals surface area (Å²) in [5.41, 5.74) is 4.34. The van der Waals surface area contributed by atoms with Crippen molar-refractivity contribution in [1.82, 2.24) is 14.8 Å². The van der Waals surface area contributed by atoms with Gasteiger partial charge >= 0.3 is 0 Å². The van der Waals surface area contributed by atoms with E-state index in [0.717, 1.165) is 42.3 Å². The number of fused-ring (bicyclic) bond motifs is 1. The lowest BCUT2D eigenvalue weighted by molar-refractivity contribution is 0.0915. The minimum atomic E-state index is 0.0471. The van der Waals surface area contributed by atoms with Crippen molar-refractivity contribution in [3.8, 4) is 17.0 Å². The van der Waals surface area contributed by atoms with Gasteiger partial charge in [-0.1, -0.05) is 18.6 Å².